The zero-order valence-electron chi connectivity index (χ0n) is 12.8. The lowest BCUT2D eigenvalue weighted by molar-refractivity contribution is 0.0930. The molecule has 20 heavy (non-hydrogen) atoms. The fourth-order valence-corrected chi connectivity index (χ4v) is 2.15. The number of aliphatic hydroxyl groups excluding tert-OH is 2. The van der Waals surface area contributed by atoms with Crippen molar-refractivity contribution in [2.45, 2.75) is 45.9 Å². The highest BCUT2D eigenvalue weighted by molar-refractivity contribution is 5.29. The number of hydrogen-bond acceptors (Lipinski definition) is 4. The quantitative estimate of drug-likeness (QED) is 0.683. The summed E-state index contributed by atoms with van der Waals surface area (Å²) in [6.07, 6.45) is -1.03. The van der Waals surface area contributed by atoms with E-state index in [-0.39, 0.29) is 12.0 Å². The Morgan fingerprint density at radius 1 is 1.10 bits per heavy atom. The van der Waals surface area contributed by atoms with Crippen molar-refractivity contribution in [1.82, 2.24) is 5.32 Å². The van der Waals surface area contributed by atoms with E-state index in [1.807, 2.05) is 31.2 Å². The van der Waals surface area contributed by atoms with E-state index in [0.717, 1.165) is 11.3 Å². The van der Waals surface area contributed by atoms with Crippen molar-refractivity contribution in [2.75, 3.05) is 13.2 Å². The summed E-state index contributed by atoms with van der Waals surface area (Å²) >= 11 is 0. The molecule has 0 amide bonds. The molecule has 4 nitrogen and oxygen atoms in total. The molecule has 3 unspecified atom stereocenters. The van der Waals surface area contributed by atoms with E-state index in [1.54, 1.807) is 6.92 Å². The van der Waals surface area contributed by atoms with Crippen molar-refractivity contribution in [3.63, 3.8) is 0 Å². The lowest BCUT2D eigenvalue weighted by atomic mass is 9.93. The molecule has 114 valence electrons. The molecule has 1 aromatic carbocycles. The maximum atomic E-state index is 10.5. The first-order valence-electron chi connectivity index (χ1n) is 7.28. The molecule has 0 heterocycles. The maximum Gasteiger partial charge on any atom is 0.119 e. The third-order valence-corrected chi connectivity index (χ3v) is 3.24. The van der Waals surface area contributed by atoms with E-state index in [4.69, 9.17) is 4.74 Å². The highest BCUT2D eigenvalue weighted by Crippen LogP contribution is 2.24. The summed E-state index contributed by atoms with van der Waals surface area (Å²) in [4.78, 5) is 0. The molecule has 0 aliphatic heterocycles. The fourth-order valence-electron chi connectivity index (χ4n) is 2.15. The van der Waals surface area contributed by atoms with Gasteiger partial charge in [-0.05, 0) is 37.5 Å². The van der Waals surface area contributed by atoms with Crippen LogP contribution in [0.2, 0.25) is 0 Å². The van der Waals surface area contributed by atoms with Crippen LogP contribution in [-0.4, -0.2) is 35.5 Å². The summed E-state index contributed by atoms with van der Waals surface area (Å²) in [5.41, 5.74) is 0.852. The molecule has 3 atom stereocenters. The van der Waals surface area contributed by atoms with Gasteiger partial charge in [0.2, 0.25) is 0 Å². The van der Waals surface area contributed by atoms with E-state index in [2.05, 4.69) is 19.2 Å². The predicted octanol–water partition coefficient (Wildman–Crippen LogP) is 2.11. The Bertz CT molecular complexity index is 376. The summed E-state index contributed by atoms with van der Waals surface area (Å²) in [6.45, 7) is 8.88. The van der Waals surface area contributed by atoms with Crippen LogP contribution in [0.15, 0.2) is 24.3 Å². The van der Waals surface area contributed by atoms with Crippen LogP contribution in [0.3, 0.4) is 0 Å². The molecule has 0 aromatic heterocycles. The van der Waals surface area contributed by atoms with Crippen LogP contribution in [0.5, 0.6) is 5.75 Å². The van der Waals surface area contributed by atoms with Gasteiger partial charge in [0.1, 0.15) is 5.75 Å². The molecule has 0 aliphatic rings. The van der Waals surface area contributed by atoms with Crippen molar-refractivity contribution in [3.8, 4) is 5.75 Å². The smallest absolute Gasteiger partial charge is 0.119 e. The van der Waals surface area contributed by atoms with Gasteiger partial charge in [0.15, 0.2) is 0 Å². The monoisotopic (exact) mass is 281 g/mol. The third-order valence-electron chi connectivity index (χ3n) is 3.24. The second kappa shape index (κ2) is 8.25. The zero-order chi connectivity index (χ0) is 15.1. The molecule has 3 N–H and O–H groups in total. The average Bonchev–Trinajstić information content (AvgIpc) is 2.39. The van der Waals surface area contributed by atoms with Gasteiger partial charge in [-0.1, -0.05) is 26.0 Å². The number of aliphatic hydroxyl groups is 2. The highest BCUT2D eigenvalue weighted by atomic mass is 16.5. The first-order valence-corrected chi connectivity index (χ1v) is 7.28. The van der Waals surface area contributed by atoms with Gasteiger partial charge < -0.3 is 20.3 Å². The molecule has 0 saturated carbocycles. The second-order valence-corrected chi connectivity index (χ2v) is 5.47. The van der Waals surface area contributed by atoms with E-state index >= 15 is 0 Å². The van der Waals surface area contributed by atoms with Gasteiger partial charge in [0, 0.05) is 12.6 Å². The first kappa shape index (κ1) is 17.0. The van der Waals surface area contributed by atoms with Gasteiger partial charge in [-0.15, -0.1) is 0 Å². The molecule has 0 bridgehead atoms. The molecular formula is C16H27NO3. The van der Waals surface area contributed by atoms with Crippen molar-refractivity contribution in [1.29, 1.82) is 0 Å². The fraction of sp³-hybridized carbons (Fsp3) is 0.625. The molecule has 4 heteroatoms. The highest BCUT2D eigenvalue weighted by Gasteiger charge is 2.23. The Morgan fingerprint density at radius 3 is 2.15 bits per heavy atom. The van der Waals surface area contributed by atoms with Gasteiger partial charge >= 0.3 is 0 Å². The van der Waals surface area contributed by atoms with Gasteiger partial charge in [0.05, 0.1) is 18.8 Å². The largest absolute Gasteiger partial charge is 0.494 e. The molecule has 0 spiro atoms. The Hall–Kier alpha value is -1.10. The van der Waals surface area contributed by atoms with Gasteiger partial charge in [-0.3, -0.25) is 0 Å². The molecule has 1 aromatic rings. The van der Waals surface area contributed by atoms with E-state index in [9.17, 15) is 10.2 Å². The molecule has 0 saturated heterocycles. The third kappa shape index (κ3) is 5.12. The standard InChI is InChI=1S/C16H27NO3/c1-5-20-14-8-6-13(7-9-14)16(19)15(11(2)3)17-10-12(4)18/h6-9,11-12,15-19H,5,10H2,1-4H3. The number of ether oxygens (including phenoxy) is 1. The van der Waals surface area contributed by atoms with Crippen molar-refractivity contribution in [3.05, 3.63) is 29.8 Å². The Balaban J connectivity index is 2.75. The number of benzene rings is 1. The Kier molecular flexibility index (Phi) is 6.99. The minimum absolute atomic E-state index is 0.0949. The predicted molar refractivity (Wildman–Crippen MR) is 80.9 cm³/mol. The van der Waals surface area contributed by atoms with Crippen molar-refractivity contribution >= 4 is 0 Å². The molecular weight excluding hydrogens is 254 g/mol. The van der Waals surface area contributed by atoms with E-state index in [1.165, 1.54) is 0 Å². The number of hydrogen-bond donors (Lipinski definition) is 3. The summed E-state index contributed by atoms with van der Waals surface area (Å²) in [7, 11) is 0. The minimum Gasteiger partial charge on any atom is -0.494 e. The minimum atomic E-state index is -0.607. The van der Waals surface area contributed by atoms with Gasteiger partial charge in [-0.2, -0.15) is 0 Å². The van der Waals surface area contributed by atoms with E-state index in [0.29, 0.717) is 13.2 Å². The lowest BCUT2D eigenvalue weighted by Crippen LogP contribution is -2.42. The summed E-state index contributed by atoms with van der Waals surface area (Å²) in [5, 5.41) is 23.1. The van der Waals surface area contributed by atoms with Crippen LogP contribution >= 0.6 is 0 Å². The molecule has 0 fully saturated rings. The lowest BCUT2D eigenvalue weighted by Gasteiger charge is -2.28. The Labute approximate surface area is 121 Å². The first-order chi connectivity index (χ1) is 9.45. The van der Waals surface area contributed by atoms with Crippen LogP contribution in [0.1, 0.15) is 39.4 Å². The molecule has 0 aliphatic carbocycles. The number of nitrogens with one attached hydrogen (secondary N) is 1. The SMILES string of the molecule is CCOc1ccc(C(O)C(NCC(C)O)C(C)C)cc1. The molecule has 1 rings (SSSR count). The average molecular weight is 281 g/mol. The van der Waals surface area contributed by atoms with Crippen LogP contribution in [0.25, 0.3) is 0 Å². The topological polar surface area (TPSA) is 61.7 Å². The maximum absolute atomic E-state index is 10.5. The van der Waals surface area contributed by atoms with E-state index < -0.39 is 12.2 Å². The number of rotatable bonds is 8. The van der Waals surface area contributed by atoms with Gasteiger partial charge in [0.25, 0.3) is 0 Å². The van der Waals surface area contributed by atoms with Crippen LogP contribution in [0.4, 0.5) is 0 Å². The Morgan fingerprint density at radius 2 is 1.70 bits per heavy atom. The zero-order valence-corrected chi connectivity index (χ0v) is 12.8. The summed E-state index contributed by atoms with van der Waals surface area (Å²) < 4.78 is 5.40. The summed E-state index contributed by atoms with van der Waals surface area (Å²) in [5.74, 6) is 1.07. The van der Waals surface area contributed by atoms with Crippen molar-refractivity contribution < 1.29 is 14.9 Å². The van der Waals surface area contributed by atoms with Crippen molar-refractivity contribution in [2.24, 2.45) is 5.92 Å². The van der Waals surface area contributed by atoms with Crippen LogP contribution in [-0.2, 0) is 0 Å². The normalized spacial score (nSPS) is 15.9. The molecule has 0 radical (unpaired) electrons. The van der Waals surface area contributed by atoms with Gasteiger partial charge in [-0.25, -0.2) is 0 Å². The van der Waals surface area contributed by atoms with Crippen LogP contribution in [0, 0.1) is 5.92 Å². The van der Waals surface area contributed by atoms with Crippen LogP contribution < -0.4 is 10.1 Å². The second-order valence-electron chi connectivity index (χ2n) is 5.47. The summed E-state index contributed by atoms with van der Waals surface area (Å²) in [6, 6.07) is 7.41.